The first-order valence-corrected chi connectivity index (χ1v) is 14.0. The number of carboxylic acid groups (broad SMARTS) is 1. The maximum atomic E-state index is 13.1. The molecule has 1 saturated heterocycles. The van der Waals surface area contributed by atoms with Gasteiger partial charge in [-0.2, -0.15) is 13.2 Å². The van der Waals surface area contributed by atoms with Crippen molar-refractivity contribution in [2.45, 2.75) is 28.7 Å². The van der Waals surface area contributed by atoms with E-state index < -0.39 is 59.9 Å². The number of thioether (sulfide) groups is 2. The zero-order chi connectivity index (χ0) is 29.2. The van der Waals surface area contributed by atoms with Gasteiger partial charge in [-0.05, 0) is 27.9 Å². The molecule has 4 heterocycles. The van der Waals surface area contributed by atoms with Crippen molar-refractivity contribution >= 4 is 58.7 Å². The number of halogens is 3. The number of hydrogen-bond donors (Lipinski definition) is 5. The number of rotatable bonds is 9. The summed E-state index contributed by atoms with van der Waals surface area (Å²) >= 11 is 3.26. The van der Waals surface area contributed by atoms with Crippen LogP contribution in [0.5, 0.6) is 5.88 Å². The molecule has 2 aliphatic heterocycles. The first-order chi connectivity index (χ1) is 18.9. The van der Waals surface area contributed by atoms with E-state index in [1.807, 2.05) is 0 Å². The molecule has 0 bridgehead atoms. The van der Waals surface area contributed by atoms with Crippen LogP contribution in [0.1, 0.15) is 10.9 Å². The Bertz CT molecular complexity index is 1360. The van der Waals surface area contributed by atoms with E-state index in [4.69, 9.17) is 0 Å². The Hall–Kier alpha value is -3.71. The maximum absolute atomic E-state index is 13.1. The Morgan fingerprint density at radius 2 is 2.05 bits per heavy atom. The second-order valence-corrected chi connectivity index (χ2v) is 11.3. The fourth-order valence-corrected chi connectivity index (χ4v) is 6.84. The summed E-state index contributed by atoms with van der Waals surface area (Å²) in [5.74, 6) is -3.35. The van der Waals surface area contributed by atoms with E-state index in [0.717, 1.165) is 34.1 Å². The quantitative estimate of drug-likeness (QED) is 0.117. The third kappa shape index (κ3) is 6.53. The lowest BCUT2D eigenvalue weighted by molar-refractivity contribution is -0.679. The van der Waals surface area contributed by atoms with E-state index in [1.165, 1.54) is 23.9 Å². The summed E-state index contributed by atoms with van der Waals surface area (Å²) < 4.78 is 37.4. The van der Waals surface area contributed by atoms with E-state index in [1.54, 1.807) is 16.8 Å². The van der Waals surface area contributed by atoms with Gasteiger partial charge in [0.15, 0.2) is 5.03 Å². The molecule has 0 aromatic carbocycles. The molecule has 0 saturated carbocycles. The number of β-lactam (4-membered cyclic amide) rings is 1. The van der Waals surface area contributed by atoms with Crippen LogP contribution < -0.4 is 20.8 Å². The molecule has 0 radical (unpaired) electrons. The van der Waals surface area contributed by atoms with E-state index >= 15 is 0 Å². The highest BCUT2D eigenvalue weighted by atomic mass is 32.2. The van der Waals surface area contributed by atoms with Crippen molar-refractivity contribution in [1.82, 2.24) is 25.9 Å². The first-order valence-electron chi connectivity index (χ1n) is 11.1. The molecule has 2 aliphatic rings. The average Bonchev–Trinajstić information content (AvgIpc) is 3.43. The van der Waals surface area contributed by atoms with Crippen molar-refractivity contribution < 1.29 is 47.4 Å². The van der Waals surface area contributed by atoms with Gasteiger partial charge in [-0.25, -0.2) is 9.59 Å². The monoisotopic (exact) mass is 620 g/mol. The number of carbonyl (C=O) groups is 4. The number of amides is 4. The normalized spacial score (nSPS) is 19.4. The smallest absolute Gasteiger partial charge is 0.405 e. The van der Waals surface area contributed by atoms with Crippen LogP contribution in [0.3, 0.4) is 0 Å². The lowest BCUT2D eigenvalue weighted by Crippen LogP contribution is -2.71. The van der Waals surface area contributed by atoms with Crippen molar-refractivity contribution in [2.75, 3.05) is 18.1 Å². The molecule has 4 rings (SSSR count). The average molecular weight is 621 g/mol. The van der Waals surface area contributed by atoms with Gasteiger partial charge in [-0.3, -0.25) is 14.5 Å². The fraction of sp³-hybridized carbons (Fsp3) is 0.333. The number of alkyl halides is 3. The summed E-state index contributed by atoms with van der Waals surface area (Å²) in [5.41, 5.74) is 0.0867. The van der Waals surface area contributed by atoms with Crippen molar-refractivity contribution in [3.8, 4) is 5.88 Å². The molecule has 5 N–H and O–H groups in total. The minimum atomic E-state index is -4.66. The molecule has 2 aromatic heterocycles. The van der Waals surface area contributed by atoms with Crippen LogP contribution in [-0.4, -0.2) is 79.7 Å². The van der Waals surface area contributed by atoms with Gasteiger partial charge in [0.1, 0.15) is 29.7 Å². The molecule has 3 atom stereocenters. The van der Waals surface area contributed by atoms with Gasteiger partial charge in [-0.15, -0.1) is 23.1 Å². The van der Waals surface area contributed by atoms with Crippen molar-refractivity contribution in [2.24, 2.45) is 0 Å². The second-order valence-electron chi connectivity index (χ2n) is 8.24. The van der Waals surface area contributed by atoms with Gasteiger partial charge in [-0.1, -0.05) is 17.8 Å². The van der Waals surface area contributed by atoms with Gasteiger partial charge >= 0.3 is 24.1 Å². The predicted molar refractivity (Wildman–Crippen MR) is 135 cm³/mol. The minimum absolute atomic E-state index is 0.00493. The SMILES string of the molecule is O=C(NCC(F)(F)F)NC(C(=O)N[C@@H]1C(=O)N2C(C(=O)O)=C(CSc3ccc(O)[n+]([O-])n3)CSC12)c1cccs1. The lowest BCUT2D eigenvalue weighted by atomic mass is 10.0. The van der Waals surface area contributed by atoms with Crippen molar-refractivity contribution in [3.63, 3.8) is 0 Å². The number of urea groups is 1. The van der Waals surface area contributed by atoms with Crippen molar-refractivity contribution in [3.05, 3.63) is 51.0 Å². The zero-order valence-electron chi connectivity index (χ0n) is 19.9. The number of aliphatic carboxylic acids is 1. The number of nitrogens with one attached hydrogen (secondary N) is 3. The van der Waals surface area contributed by atoms with E-state index in [-0.39, 0.29) is 27.1 Å². The largest absolute Gasteiger partial charge is 0.591 e. The van der Waals surface area contributed by atoms with Crippen LogP contribution >= 0.6 is 34.9 Å². The first kappa shape index (κ1) is 29.3. The Labute approximate surface area is 235 Å². The van der Waals surface area contributed by atoms with Crippen LogP contribution in [0.4, 0.5) is 18.0 Å². The third-order valence-electron chi connectivity index (χ3n) is 5.52. The predicted octanol–water partition coefficient (Wildman–Crippen LogP) is 0.916. The Balaban J connectivity index is 1.44. The van der Waals surface area contributed by atoms with Gasteiger partial charge < -0.3 is 31.4 Å². The summed E-state index contributed by atoms with van der Waals surface area (Å²) in [7, 11) is 0. The Kier molecular flexibility index (Phi) is 8.64. The standard InChI is InChI=1S/C21H19F3N6O7S3/c22-21(23,24)8-25-20(36)27-13(10-2-1-5-38-10)16(32)26-14-17(33)29-15(19(34)35)9(7-40-18(14)29)6-39-11-3-4-12(31)30(37)28-11/h1-5,13-14,18,31H,6-8H2,(H,26,32)(H,34,35)(H2,25,27,36)/t13?,14-,18?/m1/s1. The van der Waals surface area contributed by atoms with Crippen LogP contribution in [0, 0.1) is 5.21 Å². The van der Waals surface area contributed by atoms with Gasteiger partial charge in [0.2, 0.25) is 5.91 Å². The molecule has 19 heteroatoms. The maximum Gasteiger partial charge on any atom is 0.405 e. The number of carbonyl (C=O) groups excluding carboxylic acids is 3. The van der Waals surface area contributed by atoms with E-state index in [0.29, 0.717) is 10.5 Å². The number of hydrogen-bond acceptors (Lipinski definition) is 10. The molecule has 1 fully saturated rings. The second kappa shape index (κ2) is 11.8. The molecule has 2 aromatic rings. The zero-order valence-corrected chi connectivity index (χ0v) is 22.3. The number of aromatic nitrogens is 2. The molecule has 0 aliphatic carbocycles. The summed E-state index contributed by atoms with van der Waals surface area (Å²) in [6.07, 6.45) is -4.66. The molecular weight excluding hydrogens is 601 g/mol. The van der Waals surface area contributed by atoms with Crippen molar-refractivity contribution in [1.29, 1.82) is 0 Å². The summed E-state index contributed by atoms with van der Waals surface area (Å²) in [6.45, 7) is -1.61. The molecule has 4 amide bonds. The number of nitrogens with zero attached hydrogens (tertiary/aromatic N) is 3. The van der Waals surface area contributed by atoms with Crippen LogP contribution in [-0.2, 0) is 14.4 Å². The lowest BCUT2D eigenvalue weighted by Gasteiger charge is -2.49. The summed E-state index contributed by atoms with van der Waals surface area (Å²) in [5, 5.41) is 41.5. The molecule has 214 valence electrons. The Morgan fingerprint density at radius 1 is 1.30 bits per heavy atom. The highest BCUT2D eigenvalue weighted by molar-refractivity contribution is 8.01. The minimum Gasteiger partial charge on any atom is -0.591 e. The third-order valence-corrected chi connectivity index (χ3v) is 8.80. The number of aromatic hydroxyl groups is 1. The number of carboxylic acids is 1. The number of thiophene rings is 1. The van der Waals surface area contributed by atoms with Crippen LogP contribution in [0.15, 0.2) is 45.9 Å². The molecular formula is C21H19F3N6O7S3. The Morgan fingerprint density at radius 3 is 2.67 bits per heavy atom. The molecule has 13 nitrogen and oxygen atoms in total. The molecule has 2 unspecified atom stereocenters. The van der Waals surface area contributed by atoms with Gasteiger partial charge in [0.25, 0.3) is 5.91 Å². The van der Waals surface area contributed by atoms with Crippen LogP contribution in [0.2, 0.25) is 0 Å². The van der Waals surface area contributed by atoms with Gasteiger partial charge in [0, 0.05) is 21.5 Å². The highest BCUT2D eigenvalue weighted by Gasteiger charge is 2.54. The number of fused-ring (bicyclic) bond motifs is 1. The van der Waals surface area contributed by atoms with Crippen LogP contribution in [0.25, 0.3) is 0 Å². The summed E-state index contributed by atoms with van der Waals surface area (Å²) in [6, 6.07) is 1.74. The van der Waals surface area contributed by atoms with Gasteiger partial charge in [0.05, 0.1) is 6.07 Å². The topological polar surface area (TPSA) is 188 Å². The van der Waals surface area contributed by atoms with E-state index in [9.17, 15) is 47.8 Å². The molecule has 0 spiro atoms. The summed E-state index contributed by atoms with van der Waals surface area (Å²) in [4.78, 5) is 51.5. The highest BCUT2D eigenvalue weighted by Crippen LogP contribution is 2.41. The fourth-order valence-electron chi connectivity index (χ4n) is 3.74. The van der Waals surface area contributed by atoms with E-state index in [2.05, 4.69) is 15.7 Å². The molecule has 40 heavy (non-hydrogen) atoms.